The maximum atomic E-state index is 11.4. The number of benzene rings is 1. The highest BCUT2D eigenvalue weighted by Gasteiger charge is 2.09. The van der Waals surface area contributed by atoms with Crippen LogP contribution >= 0.6 is 0 Å². The fraction of sp³-hybridized carbons (Fsp3) is 0.364. The zero-order valence-electron chi connectivity index (χ0n) is 8.32. The van der Waals surface area contributed by atoms with Gasteiger partial charge in [-0.25, -0.2) is 0 Å². The molecule has 3 nitrogen and oxygen atoms in total. The van der Waals surface area contributed by atoms with Crippen molar-refractivity contribution in [3.63, 3.8) is 0 Å². The van der Waals surface area contributed by atoms with Crippen LogP contribution in [0.4, 0.5) is 0 Å². The van der Waals surface area contributed by atoms with Crippen LogP contribution in [0.2, 0.25) is 0 Å². The molecule has 0 saturated heterocycles. The van der Waals surface area contributed by atoms with Crippen molar-refractivity contribution in [2.75, 3.05) is 0 Å². The molecule has 0 aliphatic rings. The number of rotatable bonds is 3. The maximum absolute atomic E-state index is 11.4. The highest BCUT2D eigenvalue weighted by atomic mass is 16.3. The summed E-state index contributed by atoms with van der Waals surface area (Å²) in [6.45, 7) is 3.65. The van der Waals surface area contributed by atoms with Gasteiger partial charge in [-0.1, -0.05) is 13.8 Å². The number of carbonyl (C=O) groups excluding carboxylic acids is 1. The van der Waals surface area contributed by atoms with Crippen LogP contribution in [0.1, 0.15) is 19.4 Å². The third-order valence-corrected chi connectivity index (χ3v) is 1.98. The van der Waals surface area contributed by atoms with E-state index in [-0.39, 0.29) is 29.6 Å². The highest BCUT2D eigenvalue weighted by molar-refractivity contribution is 5.82. The summed E-state index contributed by atoms with van der Waals surface area (Å²) in [6.07, 6.45) is 0.250. The van der Waals surface area contributed by atoms with E-state index in [1.807, 2.05) is 13.8 Å². The molecule has 0 aromatic heterocycles. The Morgan fingerprint density at radius 1 is 1.21 bits per heavy atom. The van der Waals surface area contributed by atoms with Gasteiger partial charge >= 0.3 is 0 Å². The molecule has 1 aromatic rings. The Hall–Kier alpha value is -1.51. The van der Waals surface area contributed by atoms with E-state index in [2.05, 4.69) is 0 Å². The van der Waals surface area contributed by atoms with Gasteiger partial charge in [0.25, 0.3) is 0 Å². The van der Waals surface area contributed by atoms with Gasteiger partial charge < -0.3 is 10.2 Å². The van der Waals surface area contributed by atoms with Crippen molar-refractivity contribution in [3.05, 3.63) is 23.8 Å². The van der Waals surface area contributed by atoms with E-state index in [9.17, 15) is 15.0 Å². The smallest absolute Gasteiger partial charge is 0.139 e. The Morgan fingerprint density at radius 3 is 2.14 bits per heavy atom. The lowest BCUT2D eigenvalue weighted by molar-refractivity contribution is -0.121. The second-order valence-corrected chi connectivity index (χ2v) is 3.66. The van der Waals surface area contributed by atoms with Gasteiger partial charge in [0.15, 0.2) is 0 Å². The van der Waals surface area contributed by atoms with Crippen molar-refractivity contribution < 1.29 is 15.0 Å². The Labute approximate surface area is 83.0 Å². The lowest BCUT2D eigenvalue weighted by atomic mass is 10.0. The fourth-order valence-corrected chi connectivity index (χ4v) is 1.16. The van der Waals surface area contributed by atoms with Crippen LogP contribution in [-0.2, 0) is 11.2 Å². The topological polar surface area (TPSA) is 57.5 Å². The molecule has 0 aliphatic heterocycles. The summed E-state index contributed by atoms with van der Waals surface area (Å²) in [6, 6.07) is 4.21. The standard InChI is InChI=1S/C11H14O3/c1-7(2)11(14)5-8-3-9(12)6-10(13)4-8/h3-4,6-7,12-13H,5H2,1-2H3. The van der Waals surface area contributed by atoms with Gasteiger partial charge in [0.2, 0.25) is 0 Å². The van der Waals surface area contributed by atoms with E-state index in [4.69, 9.17) is 0 Å². The molecule has 1 rings (SSSR count). The van der Waals surface area contributed by atoms with Crippen molar-refractivity contribution >= 4 is 5.78 Å². The molecule has 0 heterocycles. The SMILES string of the molecule is CC(C)C(=O)Cc1cc(O)cc(O)c1. The molecule has 76 valence electrons. The minimum Gasteiger partial charge on any atom is -0.508 e. The number of hydrogen-bond donors (Lipinski definition) is 2. The van der Waals surface area contributed by atoms with E-state index in [1.54, 1.807) is 0 Å². The third-order valence-electron chi connectivity index (χ3n) is 1.98. The van der Waals surface area contributed by atoms with Crippen molar-refractivity contribution in [3.8, 4) is 11.5 Å². The molecule has 0 spiro atoms. The number of phenolic OH excluding ortho intramolecular Hbond substituents is 2. The molecule has 0 fully saturated rings. The molecule has 3 heteroatoms. The number of hydrogen-bond acceptors (Lipinski definition) is 3. The minimum absolute atomic E-state index is 0.0171. The molecule has 0 saturated carbocycles. The van der Waals surface area contributed by atoms with E-state index in [0.29, 0.717) is 5.56 Å². The van der Waals surface area contributed by atoms with Crippen LogP contribution in [0, 0.1) is 5.92 Å². The Balaban J connectivity index is 2.82. The van der Waals surface area contributed by atoms with Crippen molar-refractivity contribution in [2.45, 2.75) is 20.3 Å². The first-order chi connectivity index (χ1) is 6.49. The van der Waals surface area contributed by atoms with E-state index >= 15 is 0 Å². The molecule has 0 unspecified atom stereocenters. The summed E-state index contributed by atoms with van der Waals surface area (Å²) in [7, 11) is 0. The van der Waals surface area contributed by atoms with Gasteiger partial charge in [-0.2, -0.15) is 0 Å². The van der Waals surface area contributed by atoms with Crippen LogP contribution in [0.15, 0.2) is 18.2 Å². The number of ketones is 1. The molecule has 14 heavy (non-hydrogen) atoms. The quantitative estimate of drug-likeness (QED) is 0.772. The van der Waals surface area contributed by atoms with Crippen LogP contribution < -0.4 is 0 Å². The Kier molecular flexibility index (Phi) is 3.12. The summed E-state index contributed by atoms with van der Waals surface area (Å²) in [5.74, 6) is 0.0302. The lowest BCUT2D eigenvalue weighted by Crippen LogP contribution is -2.09. The highest BCUT2D eigenvalue weighted by Crippen LogP contribution is 2.21. The molecule has 0 bridgehead atoms. The second-order valence-electron chi connectivity index (χ2n) is 3.66. The third kappa shape index (κ3) is 2.76. The summed E-state index contributed by atoms with van der Waals surface area (Å²) < 4.78 is 0. The van der Waals surface area contributed by atoms with Gasteiger partial charge in [0.05, 0.1) is 0 Å². The largest absolute Gasteiger partial charge is 0.508 e. The van der Waals surface area contributed by atoms with Gasteiger partial charge in [0, 0.05) is 18.4 Å². The maximum Gasteiger partial charge on any atom is 0.139 e. The molecular weight excluding hydrogens is 180 g/mol. The summed E-state index contributed by atoms with van der Waals surface area (Å²) in [5, 5.41) is 18.3. The first-order valence-corrected chi connectivity index (χ1v) is 4.53. The zero-order valence-corrected chi connectivity index (χ0v) is 8.32. The van der Waals surface area contributed by atoms with Crippen LogP contribution in [0.3, 0.4) is 0 Å². The summed E-state index contributed by atoms with van der Waals surface area (Å²) in [4.78, 5) is 11.4. The van der Waals surface area contributed by atoms with Crippen molar-refractivity contribution in [1.82, 2.24) is 0 Å². The number of phenols is 2. The van der Waals surface area contributed by atoms with Crippen LogP contribution in [0.5, 0.6) is 11.5 Å². The Bertz CT molecular complexity index is 322. The summed E-state index contributed by atoms with van der Waals surface area (Å²) in [5.41, 5.74) is 0.640. The van der Waals surface area contributed by atoms with Gasteiger partial charge in [0.1, 0.15) is 17.3 Å². The first-order valence-electron chi connectivity index (χ1n) is 4.53. The zero-order chi connectivity index (χ0) is 10.7. The van der Waals surface area contributed by atoms with Gasteiger partial charge in [-0.15, -0.1) is 0 Å². The average molecular weight is 194 g/mol. The van der Waals surface area contributed by atoms with Crippen molar-refractivity contribution in [2.24, 2.45) is 5.92 Å². The van der Waals surface area contributed by atoms with Crippen LogP contribution in [-0.4, -0.2) is 16.0 Å². The number of Topliss-reactive ketones (excluding diaryl/α,β-unsaturated/α-hetero) is 1. The van der Waals surface area contributed by atoms with Crippen LogP contribution in [0.25, 0.3) is 0 Å². The van der Waals surface area contributed by atoms with E-state index < -0.39 is 0 Å². The molecule has 0 amide bonds. The minimum atomic E-state index is -0.0282. The molecule has 0 aliphatic carbocycles. The monoisotopic (exact) mass is 194 g/mol. The lowest BCUT2D eigenvalue weighted by Gasteiger charge is -2.05. The molecular formula is C11H14O3. The second kappa shape index (κ2) is 4.13. The van der Waals surface area contributed by atoms with E-state index in [0.717, 1.165) is 0 Å². The molecule has 2 N–H and O–H groups in total. The van der Waals surface area contributed by atoms with E-state index in [1.165, 1.54) is 18.2 Å². The molecule has 0 radical (unpaired) electrons. The first kappa shape index (κ1) is 10.6. The predicted octanol–water partition coefficient (Wildman–Crippen LogP) is 1.87. The number of carbonyl (C=O) groups is 1. The summed E-state index contributed by atoms with van der Waals surface area (Å²) >= 11 is 0. The fourth-order valence-electron chi connectivity index (χ4n) is 1.16. The number of aromatic hydroxyl groups is 2. The Morgan fingerprint density at radius 2 is 1.71 bits per heavy atom. The van der Waals surface area contributed by atoms with Crippen molar-refractivity contribution in [1.29, 1.82) is 0 Å². The molecule has 0 atom stereocenters. The predicted molar refractivity (Wildman–Crippen MR) is 53.3 cm³/mol. The average Bonchev–Trinajstić information content (AvgIpc) is 2.01. The normalized spacial score (nSPS) is 10.5. The van der Waals surface area contributed by atoms with Gasteiger partial charge in [-0.3, -0.25) is 4.79 Å². The van der Waals surface area contributed by atoms with Gasteiger partial charge in [-0.05, 0) is 17.7 Å². The molecule has 1 aromatic carbocycles.